The molecular formula is C8H16N2S. The predicted molar refractivity (Wildman–Crippen MR) is 50.1 cm³/mol. The van der Waals surface area contributed by atoms with E-state index in [1.165, 1.54) is 37.4 Å². The summed E-state index contributed by atoms with van der Waals surface area (Å²) in [6.07, 6.45) is 2.71. The van der Waals surface area contributed by atoms with Gasteiger partial charge in [0.15, 0.2) is 0 Å². The minimum Gasteiger partial charge on any atom is -0.315 e. The molecule has 2 saturated heterocycles. The lowest BCUT2D eigenvalue weighted by molar-refractivity contribution is 0.366. The van der Waals surface area contributed by atoms with Gasteiger partial charge in [-0.15, -0.1) is 0 Å². The van der Waals surface area contributed by atoms with E-state index in [1.54, 1.807) is 0 Å². The highest BCUT2D eigenvalue weighted by Gasteiger charge is 2.22. The molecule has 3 heteroatoms. The molecule has 0 aromatic rings. The summed E-state index contributed by atoms with van der Waals surface area (Å²) in [4.78, 5) is 0. The molecule has 2 heterocycles. The van der Waals surface area contributed by atoms with Gasteiger partial charge in [0.25, 0.3) is 0 Å². The molecule has 64 valence electrons. The van der Waals surface area contributed by atoms with Crippen molar-refractivity contribution in [1.29, 1.82) is 0 Å². The molecule has 1 atom stereocenters. The lowest BCUT2D eigenvalue weighted by Gasteiger charge is -2.33. The van der Waals surface area contributed by atoms with Gasteiger partial charge in [0.2, 0.25) is 0 Å². The molecule has 2 aliphatic rings. The van der Waals surface area contributed by atoms with Gasteiger partial charge in [-0.25, -0.2) is 0 Å². The Kier molecular flexibility index (Phi) is 2.72. The fourth-order valence-corrected chi connectivity index (χ4v) is 2.32. The molecule has 0 aromatic heterocycles. The van der Waals surface area contributed by atoms with Crippen LogP contribution in [0.25, 0.3) is 0 Å². The van der Waals surface area contributed by atoms with E-state index in [0.29, 0.717) is 0 Å². The summed E-state index contributed by atoms with van der Waals surface area (Å²) in [7, 11) is 0. The molecule has 2 nitrogen and oxygen atoms in total. The standard InChI is InChI=1S/C8H16N2S/c1-2-7(4-9-3-1)10-8-5-11-6-8/h7-10H,1-6H2. The molecule has 0 aliphatic carbocycles. The smallest absolute Gasteiger partial charge is 0.0251 e. The fraction of sp³-hybridized carbons (Fsp3) is 1.00. The molecular weight excluding hydrogens is 156 g/mol. The van der Waals surface area contributed by atoms with E-state index >= 15 is 0 Å². The summed E-state index contributed by atoms with van der Waals surface area (Å²) >= 11 is 2.05. The summed E-state index contributed by atoms with van der Waals surface area (Å²) in [5.41, 5.74) is 0. The number of hydrogen-bond acceptors (Lipinski definition) is 3. The molecule has 0 radical (unpaired) electrons. The highest BCUT2D eigenvalue weighted by molar-refractivity contribution is 8.00. The van der Waals surface area contributed by atoms with E-state index in [9.17, 15) is 0 Å². The Bertz CT molecular complexity index is 119. The van der Waals surface area contributed by atoms with Crippen molar-refractivity contribution in [1.82, 2.24) is 10.6 Å². The van der Waals surface area contributed by atoms with Gasteiger partial charge in [-0.2, -0.15) is 11.8 Å². The summed E-state index contributed by atoms with van der Waals surface area (Å²) in [6, 6.07) is 1.58. The van der Waals surface area contributed by atoms with Crippen molar-refractivity contribution in [3.63, 3.8) is 0 Å². The Morgan fingerprint density at radius 3 is 2.73 bits per heavy atom. The molecule has 11 heavy (non-hydrogen) atoms. The van der Waals surface area contributed by atoms with Gasteiger partial charge in [-0.3, -0.25) is 0 Å². The zero-order chi connectivity index (χ0) is 7.52. The van der Waals surface area contributed by atoms with E-state index in [1.807, 2.05) is 0 Å². The first-order valence-electron chi connectivity index (χ1n) is 4.49. The van der Waals surface area contributed by atoms with Crippen LogP contribution < -0.4 is 10.6 Å². The molecule has 2 N–H and O–H groups in total. The second kappa shape index (κ2) is 3.78. The van der Waals surface area contributed by atoms with E-state index < -0.39 is 0 Å². The van der Waals surface area contributed by atoms with Crippen LogP contribution in [0.3, 0.4) is 0 Å². The second-order valence-corrected chi connectivity index (χ2v) is 4.52. The molecule has 0 amide bonds. The van der Waals surface area contributed by atoms with E-state index in [-0.39, 0.29) is 0 Å². The van der Waals surface area contributed by atoms with Crippen molar-refractivity contribution >= 4 is 11.8 Å². The summed E-state index contributed by atoms with van der Waals surface area (Å²) in [5.74, 6) is 2.66. The lowest BCUT2D eigenvalue weighted by atomic mass is 10.1. The minimum absolute atomic E-state index is 0.759. The third-order valence-electron chi connectivity index (χ3n) is 2.41. The van der Waals surface area contributed by atoms with Crippen LogP contribution in [0.4, 0.5) is 0 Å². The second-order valence-electron chi connectivity index (χ2n) is 3.44. The van der Waals surface area contributed by atoms with Crippen LogP contribution in [0.2, 0.25) is 0 Å². The zero-order valence-electron chi connectivity index (χ0n) is 6.81. The Morgan fingerprint density at radius 2 is 2.18 bits per heavy atom. The SMILES string of the molecule is C1CNCC(NC2CSC2)C1. The average molecular weight is 172 g/mol. The third kappa shape index (κ3) is 2.10. The lowest BCUT2D eigenvalue weighted by Crippen LogP contribution is -2.51. The number of hydrogen-bond donors (Lipinski definition) is 2. The maximum Gasteiger partial charge on any atom is 0.0251 e. The van der Waals surface area contributed by atoms with Crippen molar-refractivity contribution < 1.29 is 0 Å². The van der Waals surface area contributed by atoms with Gasteiger partial charge >= 0.3 is 0 Å². The molecule has 0 bridgehead atoms. The van der Waals surface area contributed by atoms with Crippen molar-refractivity contribution in [3.8, 4) is 0 Å². The van der Waals surface area contributed by atoms with Crippen LogP contribution in [-0.4, -0.2) is 36.7 Å². The van der Waals surface area contributed by atoms with Crippen LogP contribution in [0.1, 0.15) is 12.8 Å². The molecule has 2 aliphatic heterocycles. The normalized spacial score (nSPS) is 33.3. The number of thioether (sulfide) groups is 1. The van der Waals surface area contributed by atoms with Crippen molar-refractivity contribution in [3.05, 3.63) is 0 Å². The number of piperidine rings is 1. The number of rotatable bonds is 2. The molecule has 2 rings (SSSR count). The number of nitrogens with one attached hydrogen (secondary N) is 2. The van der Waals surface area contributed by atoms with Crippen molar-refractivity contribution in [2.75, 3.05) is 24.6 Å². The largest absolute Gasteiger partial charge is 0.315 e. The van der Waals surface area contributed by atoms with E-state index in [4.69, 9.17) is 0 Å². The van der Waals surface area contributed by atoms with Crippen LogP contribution in [0.15, 0.2) is 0 Å². The summed E-state index contributed by atoms with van der Waals surface area (Å²) < 4.78 is 0. The maximum absolute atomic E-state index is 3.67. The zero-order valence-corrected chi connectivity index (χ0v) is 7.62. The molecule has 0 aromatic carbocycles. The monoisotopic (exact) mass is 172 g/mol. The van der Waals surface area contributed by atoms with Gasteiger partial charge < -0.3 is 10.6 Å². The quantitative estimate of drug-likeness (QED) is 0.632. The van der Waals surface area contributed by atoms with Crippen LogP contribution in [-0.2, 0) is 0 Å². The minimum atomic E-state index is 0.759. The highest BCUT2D eigenvalue weighted by atomic mass is 32.2. The van der Waals surface area contributed by atoms with Crippen LogP contribution in [0.5, 0.6) is 0 Å². The van der Waals surface area contributed by atoms with Gasteiger partial charge in [-0.1, -0.05) is 0 Å². The molecule has 2 fully saturated rings. The van der Waals surface area contributed by atoms with Gasteiger partial charge in [0, 0.05) is 30.1 Å². The molecule has 0 saturated carbocycles. The Morgan fingerprint density at radius 1 is 1.27 bits per heavy atom. The van der Waals surface area contributed by atoms with Crippen molar-refractivity contribution in [2.45, 2.75) is 24.9 Å². The van der Waals surface area contributed by atoms with E-state index in [0.717, 1.165) is 12.1 Å². The maximum atomic E-state index is 3.67. The van der Waals surface area contributed by atoms with Crippen LogP contribution >= 0.6 is 11.8 Å². The Labute approximate surface area is 72.5 Å². The van der Waals surface area contributed by atoms with Crippen LogP contribution in [0, 0.1) is 0 Å². The molecule has 1 unspecified atom stereocenters. The van der Waals surface area contributed by atoms with Gasteiger partial charge in [-0.05, 0) is 19.4 Å². The predicted octanol–water partition coefficient (Wildman–Crippen LogP) is 0.443. The first-order chi connectivity index (χ1) is 5.45. The van der Waals surface area contributed by atoms with Crippen molar-refractivity contribution in [2.24, 2.45) is 0 Å². The first kappa shape index (κ1) is 7.90. The summed E-state index contributed by atoms with van der Waals surface area (Å²) in [6.45, 7) is 2.40. The Hall–Kier alpha value is 0.270. The first-order valence-corrected chi connectivity index (χ1v) is 5.65. The Balaban J connectivity index is 1.67. The third-order valence-corrected chi connectivity index (χ3v) is 3.68. The topological polar surface area (TPSA) is 24.1 Å². The van der Waals surface area contributed by atoms with Gasteiger partial charge in [0.1, 0.15) is 0 Å². The van der Waals surface area contributed by atoms with Gasteiger partial charge in [0.05, 0.1) is 0 Å². The highest BCUT2D eigenvalue weighted by Crippen LogP contribution is 2.18. The fourth-order valence-electron chi connectivity index (χ4n) is 1.66. The summed E-state index contributed by atoms with van der Waals surface area (Å²) in [5, 5.41) is 7.09. The average Bonchev–Trinajstić information content (AvgIpc) is 1.99. The van der Waals surface area contributed by atoms with E-state index in [2.05, 4.69) is 22.4 Å². The molecule has 0 spiro atoms.